The number of piperidine rings is 1. The molecule has 1 aromatic rings. The van der Waals surface area contributed by atoms with Crippen molar-refractivity contribution in [1.29, 1.82) is 0 Å². The summed E-state index contributed by atoms with van der Waals surface area (Å²) in [4.78, 5) is 2.41. The fourth-order valence-corrected chi connectivity index (χ4v) is 3.57. The Balaban J connectivity index is 1.57. The summed E-state index contributed by atoms with van der Waals surface area (Å²) in [5, 5.41) is 0. The minimum absolute atomic E-state index is 0.0654. The molecule has 2 fully saturated rings. The van der Waals surface area contributed by atoms with E-state index in [1.165, 1.54) is 12.1 Å². The van der Waals surface area contributed by atoms with Crippen LogP contribution < -0.4 is 0 Å². The largest absolute Gasteiger partial charge is 0.372 e. The molecule has 0 radical (unpaired) electrons. The average molecular weight is 305 g/mol. The Kier molecular flexibility index (Phi) is 4.91. The Hall–Kier alpha value is -1.23. The lowest BCUT2D eigenvalue weighted by Crippen LogP contribution is -2.47. The van der Waals surface area contributed by atoms with Gasteiger partial charge in [-0.15, -0.1) is 6.58 Å². The predicted molar refractivity (Wildman–Crippen MR) is 84.1 cm³/mol. The van der Waals surface area contributed by atoms with E-state index in [9.17, 15) is 4.39 Å². The third kappa shape index (κ3) is 3.75. The third-order valence-corrected chi connectivity index (χ3v) is 4.56. The van der Waals surface area contributed by atoms with Crippen LogP contribution in [0.5, 0.6) is 0 Å². The van der Waals surface area contributed by atoms with E-state index in [-0.39, 0.29) is 17.5 Å². The van der Waals surface area contributed by atoms with E-state index in [0.717, 1.165) is 44.5 Å². The summed E-state index contributed by atoms with van der Waals surface area (Å²) in [5.74, 6) is -0.180. The maximum atomic E-state index is 13.0. The standard InChI is InChI=1S/C18H24FNO2/c1-2-10-21-17-11-18(22-13-17)8-3-9-20(14-18)12-15-4-6-16(19)7-5-15/h2,4-7,17H,1,3,8-14H2/t17-,18+/m0/s1. The van der Waals surface area contributed by atoms with Crippen molar-refractivity contribution in [1.82, 2.24) is 4.90 Å². The Morgan fingerprint density at radius 3 is 3.00 bits per heavy atom. The van der Waals surface area contributed by atoms with Gasteiger partial charge in [0.15, 0.2) is 0 Å². The van der Waals surface area contributed by atoms with Gasteiger partial charge in [0.1, 0.15) is 5.82 Å². The van der Waals surface area contributed by atoms with Gasteiger partial charge in [0.25, 0.3) is 0 Å². The lowest BCUT2D eigenvalue weighted by atomic mass is 9.89. The first-order valence-electron chi connectivity index (χ1n) is 8.02. The molecule has 0 unspecified atom stereocenters. The molecule has 1 aromatic carbocycles. The van der Waals surface area contributed by atoms with E-state index < -0.39 is 0 Å². The zero-order valence-corrected chi connectivity index (χ0v) is 13.0. The smallest absolute Gasteiger partial charge is 0.123 e. The van der Waals surface area contributed by atoms with Gasteiger partial charge in [-0.2, -0.15) is 0 Å². The summed E-state index contributed by atoms with van der Waals surface area (Å²) in [6, 6.07) is 6.78. The van der Waals surface area contributed by atoms with Crippen molar-refractivity contribution >= 4 is 0 Å². The lowest BCUT2D eigenvalue weighted by Gasteiger charge is -2.39. The number of likely N-dealkylation sites (tertiary alicyclic amines) is 1. The molecule has 2 aliphatic heterocycles. The summed E-state index contributed by atoms with van der Waals surface area (Å²) < 4.78 is 24.9. The van der Waals surface area contributed by atoms with Crippen LogP contribution in [0.3, 0.4) is 0 Å². The van der Waals surface area contributed by atoms with Crippen molar-refractivity contribution in [3.05, 3.63) is 48.3 Å². The van der Waals surface area contributed by atoms with Crippen molar-refractivity contribution in [2.45, 2.75) is 37.5 Å². The van der Waals surface area contributed by atoms with Gasteiger partial charge >= 0.3 is 0 Å². The molecule has 0 amide bonds. The molecule has 2 aliphatic rings. The van der Waals surface area contributed by atoms with Gasteiger partial charge in [-0.1, -0.05) is 18.2 Å². The number of nitrogens with zero attached hydrogens (tertiary/aromatic N) is 1. The Morgan fingerprint density at radius 2 is 2.23 bits per heavy atom. The molecule has 2 heterocycles. The van der Waals surface area contributed by atoms with Crippen LogP contribution in [-0.4, -0.2) is 42.9 Å². The normalized spacial score (nSPS) is 29.0. The summed E-state index contributed by atoms with van der Waals surface area (Å²) in [5.41, 5.74) is 1.08. The van der Waals surface area contributed by atoms with Crippen LogP contribution in [0.4, 0.5) is 4.39 Å². The van der Waals surface area contributed by atoms with Crippen LogP contribution in [0.1, 0.15) is 24.8 Å². The number of hydrogen-bond donors (Lipinski definition) is 0. The van der Waals surface area contributed by atoms with Gasteiger partial charge in [-0.3, -0.25) is 4.90 Å². The van der Waals surface area contributed by atoms with Crippen molar-refractivity contribution in [3.63, 3.8) is 0 Å². The molecule has 3 rings (SSSR count). The first kappa shape index (κ1) is 15.7. The maximum absolute atomic E-state index is 13.0. The average Bonchev–Trinajstić information content (AvgIpc) is 2.90. The van der Waals surface area contributed by atoms with E-state index in [1.54, 1.807) is 6.08 Å². The highest BCUT2D eigenvalue weighted by atomic mass is 19.1. The minimum Gasteiger partial charge on any atom is -0.372 e. The zero-order valence-electron chi connectivity index (χ0n) is 13.0. The van der Waals surface area contributed by atoms with E-state index in [2.05, 4.69) is 11.5 Å². The van der Waals surface area contributed by atoms with Crippen LogP contribution in [0.2, 0.25) is 0 Å². The quantitative estimate of drug-likeness (QED) is 0.780. The molecule has 3 nitrogen and oxygen atoms in total. The summed E-state index contributed by atoms with van der Waals surface area (Å²) in [7, 11) is 0. The Labute approximate surface area is 131 Å². The van der Waals surface area contributed by atoms with Crippen LogP contribution in [0.15, 0.2) is 36.9 Å². The molecule has 0 aromatic heterocycles. The molecule has 0 saturated carbocycles. The Morgan fingerprint density at radius 1 is 1.41 bits per heavy atom. The molecule has 2 saturated heterocycles. The highest BCUT2D eigenvalue weighted by Crippen LogP contribution is 2.36. The second-order valence-electron chi connectivity index (χ2n) is 6.38. The van der Waals surface area contributed by atoms with Crippen molar-refractivity contribution in [3.8, 4) is 0 Å². The molecule has 0 N–H and O–H groups in total. The topological polar surface area (TPSA) is 21.7 Å². The monoisotopic (exact) mass is 305 g/mol. The molecule has 2 atom stereocenters. The fraction of sp³-hybridized carbons (Fsp3) is 0.556. The second-order valence-corrected chi connectivity index (χ2v) is 6.38. The summed E-state index contributed by atoms with van der Waals surface area (Å²) in [6.45, 7) is 7.81. The molecule has 0 bridgehead atoms. The molecular formula is C18H24FNO2. The van der Waals surface area contributed by atoms with Gasteiger partial charge < -0.3 is 9.47 Å². The van der Waals surface area contributed by atoms with E-state index in [1.807, 2.05) is 12.1 Å². The van der Waals surface area contributed by atoms with E-state index in [0.29, 0.717) is 13.2 Å². The summed E-state index contributed by atoms with van der Waals surface area (Å²) >= 11 is 0. The highest BCUT2D eigenvalue weighted by Gasteiger charge is 2.43. The number of benzene rings is 1. The number of halogens is 1. The molecule has 120 valence electrons. The third-order valence-electron chi connectivity index (χ3n) is 4.56. The van der Waals surface area contributed by atoms with Gasteiger partial charge in [-0.05, 0) is 37.1 Å². The molecule has 1 spiro atoms. The predicted octanol–water partition coefficient (Wildman–Crippen LogP) is 3.15. The number of hydrogen-bond acceptors (Lipinski definition) is 3. The van der Waals surface area contributed by atoms with Gasteiger partial charge in [0.05, 0.1) is 24.9 Å². The van der Waals surface area contributed by atoms with E-state index in [4.69, 9.17) is 9.47 Å². The van der Waals surface area contributed by atoms with Crippen LogP contribution in [0.25, 0.3) is 0 Å². The van der Waals surface area contributed by atoms with Gasteiger partial charge in [0.2, 0.25) is 0 Å². The molecule has 0 aliphatic carbocycles. The van der Waals surface area contributed by atoms with Crippen molar-refractivity contribution < 1.29 is 13.9 Å². The second kappa shape index (κ2) is 6.90. The number of ether oxygens (including phenoxy) is 2. The highest BCUT2D eigenvalue weighted by molar-refractivity contribution is 5.16. The van der Waals surface area contributed by atoms with Crippen molar-refractivity contribution in [2.75, 3.05) is 26.3 Å². The van der Waals surface area contributed by atoms with Crippen LogP contribution >= 0.6 is 0 Å². The molecule has 4 heteroatoms. The van der Waals surface area contributed by atoms with Crippen molar-refractivity contribution in [2.24, 2.45) is 0 Å². The maximum Gasteiger partial charge on any atom is 0.123 e. The Bertz CT molecular complexity index is 504. The zero-order chi connectivity index (χ0) is 15.4. The minimum atomic E-state index is -0.180. The first-order valence-corrected chi connectivity index (χ1v) is 8.02. The summed E-state index contributed by atoms with van der Waals surface area (Å²) in [6.07, 6.45) is 5.16. The van der Waals surface area contributed by atoms with Crippen LogP contribution in [0, 0.1) is 5.82 Å². The fourth-order valence-electron chi connectivity index (χ4n) is 3.57. The molecule has 22 heavy (non-hydrogen) atoms. The number of rotatable bonds is 5. The lowest BCUT2D eigenvalue weighted by molar-refractivity contribution is -0.0544. The van der Waals surface area contributed by atoms with E-state index >= 15 is 0 Å². The molecular weight excluding hydrogens is 281 g/mol. The first-order chi connectivity index (χ1) is 10.7. The van der Waals surface area contributed by atoms with Gasteiger partial charge in [0, 0.05) is 19.5 Å². The van der Waals surface area contributed by atoms with Crippen LogP contribution in [-0.2, 0) is 16.0 Å². The van der Waals surface area contributed by atoms with Gasteiger partial charge in [-0.25, -0.2) is 4.39 Å². The SMILES string of the molecule is C=CCO[C@@H]1CO[C@]2(CCCN(Cc3ccc(F)cc3)C2)C1.